The Bertz CT molecular complexity index is 831. The van der Waals surface area contributed by atoms with Gasteiger partial charge in [-0.3, -0.25) is 4.72 Å². The molecule has 7 nitrogen and oxygen atoms in total. The number of aliphatic carboxylic acids is 1. The molecule has 2 aromatic rings. The first kappa shape index (κ1) is 18.0. The summed E-state index contributed by atoms with van der Waals surface area (Å²) in [5.74, 6) is -1.90. The molecule has 12 heteroatoms. The normalized spacial score (nSPS) is 12.0. The van der Waals surface area contributed by atoms with E-state index in [0.29, 0.717) is 0 Å². The van der Waals surface area contributed by atoms with Crippen LogP contribution >= 0.6 is 11.3 Å². The van der Waals surface area contributed by atoms with E-state index < -0.39 is 34.5 Å². The van der Waals surface area contributed by atoms with Crippen LogP contribution in [0, 0.1) is 0 Å². The average Bonchev–Trinajstić information content (AvgIpc) is 2.83. The first-order valence-electron chi connectivity index (χ1n) is 6.08. The number of halogens is 3. The van der Waals surface area contributed by atoms with Gasteiger partial charge in [-0.15, -0.1) is 24.5 Å². The molecule has 1 heterocycles. The molecule has 0 aliphatic heterocycles. The summed E-state index contributed by atoms with van der Waals surface area (Å²) in [6, 6.07) is 3.56. The predicted molar refractivity (Wildman–Crippen MR) is 74.8 cm³/mol. The predicted octanol–water partition coefficient (Wildman–Crippen LogP) is 1.13. The number of nitrogens with one attached hydrogen (secondary N) is 1. The number of carboxylic acids is 1. The molecule has 0 saturated heterocycles. The molecule has 0 aliphatic carbocycles. The molecular formula is C12H8F3N2O5S2-. The van der Waals surface area contributed by atoms with Crippen molar-refractivity contribution in [2.24, 2.45) is 0 Å². The molecule has 1 aromatic carbocycles. The van der Waals surface area contributed by atoms with Gasteiger partial charge in [-0.1, -0.05) is 0 Å². The Morgan fingerprint density at radius 2 is 1.92 bits per heavy atom. The lowest BCUT2D eigenvalue weighted by Crippen LogP contribution is -2.23. The number of anilines is 1. The highest BCUT2D eigenvalue weighted by Crippen LogP contribution is 2.26. The zero-order valence-corrected chi connectivity index (χ0v) is 13.2. The molecule has 24 heavy (non-hydrogen) atoms. The molecule has 130 valence electrons. The quantitative estimate of drug-likeness (QED) is 0.804. The standard InChI is InChI=1S/C12H9F3N2O5S2/c13-12(14,15)22-7-1-3-9(4-2-7)24(20,21)17-11-16-6-8(23-11)5-10(18)19/h1-4,6H,5H2,(H,16,17)(H,18,19)/p-1. The third-order valence-electron chi connectivity index (χ3n) is 2.46. The van der Waals surface area contributed by atoms with Crippen LogP contribution in [0.15, 0.2) is 35.4 Å². The van der Waals surface area contributed by atoms with Gasteiger partial charge < -0.3 is 14.6 Å². The van der Waals surface area contributed by atoms with E-state index in [9.17, 15) is 31.5 Å². The number of aromatic nitrogens is 1. The number of ether oxygens (including phenoxy) is 1. The molecule has 0 atom stereocenters. The number of sulfonamides is 1. The number of carbonyl (C=O) groups excluding carboxylic acids is 1. The second kappa shape index (κ2) is 6.65. The molecule has 0 aliphatic rings. The van der Waals surface area contributed by atoms with Crippen LogP contribution in [-0.4, -0.2) is 25.7 Å². The molecule has 0 fully saturated rings. The van der Waals surface area contributed by atoms with Crippen molar-refractivity contribution in [2.75, 3.05) is 4.72 Å². The first-order chi connectivity index (χ1) is 11.0. The maximum atomic E-state index is 12.1. The second-order valence-electron chi connectivity index (χ2n) is 4.31. The Morgan fingerprint density at radius 3 is 2.46 bits per heavy atom. The van der Waals surface area contributed by atoms with Crippen LogP contribution < -0.4 is 14.6 Å². The number of carbonyl (C=O) groups is 1. The lowest BCUT2D eigenvalue weighted by molar-refractivity contribution is -0.304. The Kier molecular flexibility index (Phi) is 4.99. The molecule has 0 saturated carbocycles. The highest BCUT2D eigenvalue weighted by Gasteiger charge is 2.31. The molecule has 0 amide bonds. The van der Waals surface area contributed by atoms with Crippen LogP contribution in [0.2, 0.25) is 0 Å². The fourth-order valence-corrected chi connectivity index (χ4v) is 3.61. The van der Waals surface area contributed by atoms with Crippen LogP contribution in [0.4, 0.5) is 18.3 Å². The van der Waals surface area contributed by atoms with Crippen molar-refractivity contribution in [1.82, 2.24) is 4.98 Å². The van der Waals surface area contributed by atoms with E-state index in [-0.39, 0.29) is 14.9 Å². The summed E-state index contributed by atoms with van der Waals surface area (Å²) in [5, 5.41) is 10.4. The van der Waals surface area contributed by atoms with Gasteiger partial charge in [0.25, 0.3) is 10.0 Å². The van der Waals surface area contributed by atoms with E-state index >= 15 is 0 Å². The van der Waals surface area contributed by atoms with Crippen molar-refractivity contribution in [3.8, 4) is 5.75 Å². The van der Waals surface area contributed by atoms with Crippen LogP contribution in [-0.2, 0) is 21.2 Å². The number of hydrogen-bond donors (Lipinski definition) is 1. The van der Waals surface area contributed by atoms with E-state index in [0.717, 1.165) is 35.6 Å². The van der Waals surface area contributed by atoms with E-state index in [4.69, 9.17) is 0 Å². The average molecular weight is 381 g/mol. The minimum atomic E-state index is -4.88. The third kappa shape index (κ3) is 5.09. The summed E-state index contributed by atoms with van der Waals surface area (Å²) in [6.45, 7) is 0. The summed E-state index contributed by atoms with van der Waals surface area (Å²) in [4.78, 5) is 14.1. The van der Waals surface area contributed by atoms with Crippen LogP contribution in [0.1, 0.15) is 4.88 Å². The van der Waals surface area contributed by atoms with Gasteiger partial charge in [0.2, 0.25) is 0 Å². The van der Waals surface area contributed by atoms with Gasteiger partial charge in [0.15, 0.2) is 5.13 Å². The van der Waals surface area contributed by atoms with Crippen LogP contribution in [0.3, 0.4) is 0 Å². The molecule has 0 radical (unpaired) electrons. The second-order valence-corrected chi connectivity index (χ2v) is 7.10. The van der Waals surface area contributed by atoms with E-state index in [1.54, 1.807) is 0 Å². The van der Waals surface area contributed by atoms with Crippen LogP contribution in [0.25, 0.3) is 0 Å². The molecule has 0 unspecified atom stereocenters. The van der Waals surface area contributed by atoms with Crippen LogP contribution in [0.5, 0.6) is 5.75 Å². The van der Waals surface area contributed by atoms with Crippen molar-refractivity contribution >= 4 is 32.5 Å². The number of hydrogen-bond acceptors (Lipinski definition) is 7. The fourth-order valence-electron chi connectivity index (χ4n) is 1.57. The topological polar surface area (TPSA) is 108 Å². The van der Waals surface area contributed by atoms with Crippen molar-refractivity contribution in [3.05, 3.63) is 35.3 Å². The SMILES string of the molecule is O=C([O-])Cc1cnc(NS(=O)(=O)c2ccc(OC(F)(F)F)cc2)s1. The number of benzene rings is 1. The summed E-state index contributed by atoms with van der Waals surface area (Å²) < 4.78 is 66.1. The lowest BCUT2D eigenvalue weighted by Gasteiger charge is -2.09. The number of alkyl halides is 3. The summed E-state index contributed by atoms with van der Waals surface area (Å²) in [6.07, 6.45) is -4.11. The highest BCUT2D eigenvalue weighted by atomic mass is 32.2. The summed E-state index contributed by atoms with van der Waals surface area (Å²) in [5.41, 5.74) is 0. The maximum absolute atomic E-state index is 12.1. The molecule has 1 aromatic heterocycles. The van der Waals surface area contributed by atoms with Gasteiger partial charge in [0, 0.05) is 23.5 Å². The number of rotatable bonds is 6. The highest BCUT2D eigenvalue weighted by molar-refractivity contribution is 7.93. The minimum Gasteiger partial charge on any atom is -0.550 e. The zero-order valence-electron chi connectivity index (χ0n) is 11.5. The molecule has 0 bridgehead atoms. The molecule has 1 N–H and O–H groups in total. The summed E-state index contributed by atoms with van der Waals surface area (Å²) in [7, 11) is -4.09. The fraction of sp³-hybridized carbons (Fsp3) is 0.167. The van der Waals surface area contributed by atoms with Gasteiger partial charge in [-0.25, -0.2) is 13.4 Å². The minimum absolute atomic E-state index is 0.0816. The first-order valence-corrected chi connectivity index (χ1v) is 8.38. The smallest absolute Gasteiger partial charge is 0.550 e. The molecular weight excluding hydrogens is 373 g/mol. The Balaban J connectivity index is 2.12. The number of thiazole rings is 1. The number of nitrogens with zero attached hydrogens (tertiary/aromatic N) is 1. The van der Waals surface area contributed by atoms with Gasteiger partial charge in [0.1, 0.15) is 5.75 Å². The zero-order chi connectivity index (χ0) is 18.0. The molecule has 0 spiro atoms. The Morgan fingerprint density at radius 1 is 1.29 bits per heavy atom. The van der Waals surface area contributed by atoms with E-state index in [1.165, 1.54) is 6.20 Å². The van der Waals surface area contributed by atoms with Gasteiger partial charge in [-0.05, 0) is 24.3 Å². The van der Waals surface area contributed by atoms with Crippen molar-refractivity contribution in [1.29, 1.82) is 0 Å². The number of carboxylic acid groups (broad SMARTS) is 1. The maximum Gasteiger partial charge on any atom is 0.573 e. The largest absolute Gasteiger partial charge is 0.573 e. The molecule has 2 rings (SSSR count). The van der Waals surface area contributed by atoms with Crippen molar-refractivity contribution in [2.45, 2.75) is 17.7 Å². The van der Waals surface area contributed by atoms with Crippen molar-refractivity contribution in [3.63, 3.8) is 0 Å². The van der Waals surface area contributed by atoms with Crippen molar-refractivity contribution < 1.29 is 36.2 Å². The third-order valence-corrected chi connectivity index (χ3v) is 4.86. The lowest BCUT2D eigenvalue weighted by atomic mass is 10.3. The monoisotopic (exact) mass is 381 g/mol. The summed E-state index contributed by atoms with van der Waals surface area (Å²) >= 11 is 0.798. The van der Waals surface area contributed by atoms with Gasteiger partial charge >= 0.3 is 6.36 Å². The van der Waals surface area contributed by atoms with Gasteiger partial charge in [0.05, 0.1) is 4.90 Å². The van der Waals surface area contributed by atoms with Gasteiger partial charge in [-0.2, -0.15) is 0 Å². The van der Waals surface area contributed by atoms with E-state index in [1.807, 2.05) is 0 Å². The van der Waals surface area contributed by atoms with E-state index in [2.05, 4.69) is 14.4 Å². The Hall–Kier alpha value is -2.34. The Labute approximate surface area is 137 Å².